The fourth-order valence-electron chi connectivity index (χ4n) is 3.53. The minimum atomic E-state index is -1.24. The third kappa shape index (κ3) is 6.34. The molecule has 9 nitrogen and oxygen atoms in total. The van der Waals surface area contributed by atoms with Crippen molar-refractivity contribution in [3.05, 3.63) is 80.7 Å². The molecular weight excluding hydrogens is 462 g/mol. The number of aliphatic hydroxyl groups excluding tert-OH is 1. The van der Waals surface area contributed by atoms with Gasteiger partial charge in [-0.15, -0.1) is 0 Å². The maximum absolute atomic E-state index is 12.0. The average Bonchev–Trinajstić information content (AvgIpc) is 3.16. The number of aromatic amines is 1. The predicted molar refractivity (Wildman–Crippen MR) is 127 cm³/mol. The number of carboxylic acids is 1. The number of hydrogen-bond acceptors (Lipinski definition) is 6. The third-order valence-electron chi connectivity index (χ3n) is 5.27. The number of benzene rings is 2. The summed E-state index contributed by atoms with van der Waals surface area (Å²) in [6.45, 7) is 1.99. The Balaban J connectivity index is 1.65. The second kappa shape index (κ2) is 11.1. The quantitative estimate of drug-likeness (QED) is 0.321. The molecule has 3 rings (SSSR count). The number of nitrogens with one attached hydrogen (secondary N) is 1. The first-order chi connectivity index (χ1) is 16.2. The molecule has 10 heteroatoms. The standard InChI is InChI=1S/C24H26ClN3O6/c1-2-34-24(33)21(29)11-18(26)9-14-3-5-15(6-4-14)16-7-8-17(19(25)10-16)13-28-22(30)12-20(27-28)23(31)32/h3-8,10,12,18,21,27,29H,2,9,11,13,26H2,1H3,(H,31,32)/t18-,21-/m1/s1. The van der Waals surface area contributed by atoms with E-state index in [0.717, 1.165) is 22.8 Å². The molecule has 0 radical (unpaired) electrons. The van der Waals surface area contributed by atoms with Crippen molar-refractivity contribution < 1.29 is 24.5 Å². The van der Waals surface area contributed by atoms with Crippen LogP contribution in [0, 0.1) is 0 Å². The maximum atomic E-state index is 12.0. The van der Waals surface area contributed by atoms with E-state index in [-0.39, 0.29) is 25.3 Å². The van der Waals surface area contributed by atoms with E-state index in [4.69, 9.17) is 27.2 Å². The van der Waals surface area contributed by atoms with Crippen LogP contribution in [0.2, 0.25) is 5.02 Å². The summed E-state index contributed by atoms with van der Waals surface area (Å²) >= 11 is 6.42. The van der Waals surface area contributed by atoms with Crippen molar-refractivity contribution in [3.63, 3.8) is 0 Å². The highest BCUT2D eigenvalue weighted by atomic mass is 35.5. The molecule has 1 heterocycles. The Morgan fingerprint density at radius 3 is 2.41 bits per heavy atom. The molecule has 5 N–H and O–H groups in total. The molecular formula is C24H26ClN3O6. The number of aliphatic hydroxyl groups is 1. The highest BCUT2D eigenvalue weighted by Gasteiger charge is 2.20. The third-order valence-corrected chi connectivity index (χ3v) is 5.62. The van der Waals surface area contributed by atoms with Crippen molar-refractivity contribution in [2.75, 3.05) is 6.61 Å². The van der Waals surface area contributed by atoms with Gasteiger partial charge in [-0.1, -0.05) is 48.0 Å². The van der Waals surface area contributed by atoms with Crippen LogP contribution in [0.4, 0.5) is 0 Å². The van der Waals surface area contributed by atoms with Gasteiger partial charge >= 0.3 is 11.9 Å². The average molecular weight is 488 g/mol. The first-order valence-corrected chi connectivity index (χ1v) is 11.1. The van der Waals surface area contributed by atoms with Gasteiger partial charge < -0.3 is 20.7 Å². The molecule has 0 aliphatic rings. The molecule has 0 amide bonds. The Morgan fingerprint density at radius 1 is 1.15 bits per heavy atom. The van der Waals surface area contributed by atoms with Gasteiger partial charge in [0.15, 0.2) is 6.10 Å². The van der Waals surface area contributed by atoms with Gasteiger partial charge in [0.2, 0.25) is 0 Å². The van der Waals surface area contributed by atoms with Crippen LogP contribution in [-0.2, 0) is 22.5 Å². The molecule has 0 spiro atoms. The number of halogens is 1. The Labute approximate surface area is 200 Å². The molecule has 0 saturated carbocycles. The van der Waals surface area contributed by atoms with E-state index < -0.39 is 29.6 Å². The number of carbonyl (C=O) groups excluding carboxylic acids is 1. The van der Waals surface area contributed by atoms with Crippen LogP contribution in [-0.4, -0.2) is 50.7 Å². The van der Waals surface area contributed by atoms with E-state index in [0.29, 0.717) is 17.0 Å². The van der Waals surface area contributed by atoms with Crippen LogP contribution >= 0.6 is 11.6 Å². The SMILES string of the molecule is CCOC(=O)[C@H](O)C[C@H](N)Cc1ccc(-c2ccc(Cn3[nH]c(C(=O)O)cc3=O)c(Cl)c2)cc1. The molecule has 0 unspecified atom stereocenters. The predicted octanol–water partition coefficient (Wildman–Crippen LogP) is 2.43. The largest absolute Gasteiger partial charge is 0.477 e. The van der Waals surface area contributed by atoms with Crippen molar-refractivity contribution >= 4 is 23.5 Å². The van der Waals surface area contributed by atoms with Crippen LogP contribution in [0.15, 0.2) is 53.3 Å². The molecule has 180 valence electrons. The van der Waals surface area contributed by atoms with Crippen molar-refractivity contribution in [2.45, 2.75) is 38.5 Å². The molecule has 3 aromatic rings. The van der Waals surface area contributed by atoms with Gasteiger partial charge in [-0.25, -0.2) is 14.3 Å². The number of carbonyl (C=O) groups is 2. The summed E-state index contributed by atoms with van der Waals surface area (Å²) in [5.74, 6) is -1.88. The first-order valence-electron chi connectivity index (χ1n) is 10.7. The minimum absolute atomic E-state index is 0.107. The lowest BCUT2D eigenvalue weighted by atomic mass is 9.98. The second-order valence-corrected chi connectivity index (χ2v) is 8.28. The van der Waals surface area contributed by atoms with Crippen molar-refractivity contribution in [3.8, 4) is 11.1 Å². The fraction of sp³-hybridized carbons (Fsp3) is 0.292. The van der Waals surface area contributed by atoms with Gasteiger partial charge in [-0.2, -0.15) is 0 Å². The fourth-order valence-corrected chi connectivity index (χ4v) is 3.77. The van der Waals surface area contributed by atoms with Crippen molar-refractivity contribution in [1.82, 2.24) is 9.78 Å². The number of H-pyrrole nitrogens is 1. The van der Waals surface area contributed by atoms with Crippen molar-refractivity contribution in [2.24, 2.45) is 5.73 Å². The smallest absolute Gasteiger partial charge is 0.353 e. The highest BCUT2D eigenvalue weighted by Crippen LogP contribution is 2.26. The summed E-state index contributed by atoms with van der Waals surface area (Å²) in [5.41, 5.74) is 8.83. The second-order valence-electron chi connectivity index (χ2n) is 7.87. The summed E-state index contributed by atoms with van der Waals surface area (Å²) in [6.07, 6.45) is -0.651. The van der Waals surface area contributed by atoms with Gasteiger partial charge in [0.05, 0.1) is 13.2 Å². The van der Waals surface area contributed by atoms with E-state index in [1.807, 2.05) is 30.3 Å². The van der Waals surface area contributed by atoms with E-state index in [1.54, 1.807) is 19.1 Å². The lowest BCUT2D eigenvalue weighted by molar-refractivity contribution is -0.153. The van der Waals surface area contributed by atoms with E-state index in [1.165, 1.54) is 4.68 Å². The number of aromatic nitrogens is 2. The van der Waals surface area contributed by atoms with E-state index >= 15 is 0 Å². The lowest BCUT2D eigenvalue weighted by Crippen LogP contribution is -2.33. The summed E-state index contributed by atoms with van der Waals surface area (Å²) in [6, 6.07) is 13.7. The number of rotatable bonds is 10. The van der Waals surface area contributed by atoms with E-state index in [2.05, 4.69) is 5.10 Å². The molecule has 34 heavy (non-hydrogen) atoms. The number of esters is 1. The zero-order valence-electron chi connectivity index (χ0n) is 18.5. The Kier molecular flexibility index (Phi) is 8.27. The van der Waals surface area contributed by atoms with Gasteiger partial charge in [0.1, 0.15) is 5.69 Å². The zero-order valence-corrected chi connectivity index (χ0v) is 19.3. The van der Waals surface area contributed by atoms with Crippen LogP contribution in [0.3, 0.4) is 0 Å². The topological polar surface area (TPSA) is 148 Å². The Bertz CT molecular complexity index is 1220. The van der Waals surface area contributed by atoms with Gasteiger partial charge in [0.25, 0.3) is 5.56 Å². The molecule has 0 fully saturated rings. The zero-order chi connectivity index (χ0) is 24.8. The molecule has 0 aliphatic heterocycles. The minimum Gasteiger partial charge on any atom is -0.477 e. The molecule has 2 atom stereocenters. The normalized spacial score (nSPS) is 12.8. The summed E-state index contributed by atoms with van der Waals surface area (Å²) in [7, 11) is 0. The van der Waals surface area contributed by atoms with Gasteiger partial charge in [0, 0.05) is 17.1 Å². The number of carboxylic acid groups (broad SMARTS) is 1. The summed E-state index contributed by atoms with van der Waals surface area (Å²) < 4.78 is 5.97. The monoisotopic (exact) mass is 487 g/mol. The number of ether oxygens (including phenoxy) is 1. The van der Waals surface area contributed by atoms with Crippen molar-refractivity contribution in [1.29, 1.82) is 0 Å². The van der Waals surface area contributed by atoms with Crippen LogP contribution in [0.5, 0.6) is 0 Å². The van der Waals surface area contributed by atoms with Crippen LogP contribution in [0.25, 0.3) is 11.1 Å². The van der Waals surface area contributed by atoms with E-state index in [9.17, 15) is 19.5 Å². The molecule has 1 aromatic heterocycles. The maximum Gasteiger partial charge on any atom is 0.353 e. The number of nitrogens with two attached hydrogens (primary N) is 1. The first kappa shape index (κ1) is 25.2. The molecule has 0 saturated heterocycles. The van der Waals surface area contributed by atoms with Gasteiger partial charge in [-0.3, -0.25) is 9.89 Å². The molecule has 0 aliphatic carbocycles. The Hall–Kier alpha value is -3.40. The van der Waals surface area contributed by atoms with Crippen LogP contribution in [0.1, 0.15) is 35.0 Å². The molecule has 0 bridgehead atoms. The number of nitrogens with zero attached hydrogens (tertiary/aromatic N) is 1. The summed E-state index contributed by atoms with van der Waals surface area (Å²) in [5, 5.41) is 21.8. The van der Waals surface area contributed by atoms with Crippen LogP contribution < -0.4 is 11.3 Å². The number of aromatic carboxylic acids is 1. The van der Waals surface area contributed by atoms with Gasteiger partial charge in [-0.05, 0) is 48.1 Å². The Morgan fingerprint density at radius 2 is 1.82 bits per heavy atom. The lowest BCUT2D eigenvalue weighted by Gasteiger charge is -2.16. The summed E-state index contributed by atoms with van der Waals surface area (Å²) in [4.78, 5) is 34.5. The molecule has 2 aromatic carbocycles. The highest BCUT2D eigenvalue weighted by molar-refractivity contribution is 6.31. The number of hydrogen-bond donors (Lipinski definition) is 4.